The second kappa shape index (κ2) is 3.52. The van der Waals surface area contributed by atoms with Crippen LogP contribution in [0.25, 0.3) is 0 Å². The third-order valence-electron chi connectivity index (χ3n) is 1.43. The lowest BCUT2D eigenvalue weighted by molar-refractivity contribution is -0.167. The number of nitrogens with zero attached hydrogens (tertiary/aromatic N) is 2. The number of methoxy groups -OCH3 is 1. The van der Waals surface area contributed by atoms with Gasteiger partial charge in [0, 0.05) is 0 Å². The summed E-state index contributed by atoms with van der Waals surface area (Å²) in [6.45, 7) is 0. The van der Waals surface area contributed by atoms with E-state index in [1.54, 1.807) is 0 Å². The van der Waals surface area contributed by atoms with Crippen molar-refractivity contribution in [2.45, 2.75) is 5.92 Å². The fourth-order valence-corrected chi connectivity index (χ4v) is 0.693. The van der Waals surface area contributed by atoms with Gasteiger partial charge in [-0.05, 0) is 0 Å². The van der Waals surface area contributed by atoms with Crippen LogP contribution in [0.5, 0.6) is 5.88 Å². The molecule has 0 radical (unpaired) electrons. The first-order valence-corrected chi connectivity index (χ1v) is 3.46. The van der Waals surface area contributed by atoms with E-state index >= 15 is 0 Å². The summed E-state index contributed by atoms with van der Waals surface area (Å²) in [6, 6.07) is 0. The van der Waals surface area contributed by atoms with E-state index in [2.05, 4.69) is 14.7 Å². The van der Waals surface area contributed by atoms with Gasteiger partial charge < -0.3 is 9.84 Å². The summed E-state index contributed by atoms with van der Waals surface area (Å²) in [6.07, 6.45) is 1.58. The number of alkyl halides is 2. The number of rotatable bonds is 3. The molecule has 0 aromatic carbocycles. The Balaban J connectivity index is 3.02. The van der Waals surface area contributed by atoms with Crippen LogP contribution in [0.1, 0.15) is 5.69 Å². The van der Waals surface area contributed by atoms with Gasteiger partial charge in [-0.3, -0.25) is 0 Å². The smallest absolute Gasteiger partial charge is 0.385 e. The summed E-state index contributed by atoms with van der Waals surface area (Å²) in [5.41, 5.74) is -0.925. The number of hydrogen-bond acceptors (Lipinski definition) is 4. The molecule has 1 N–H and O–H groups in total. The molecule has 7 heteroatoms. The van der Waals surface area contributed by atoms with Crippen LogP contribution in [-0.2, 0) is 10.7 Å². The van der Waals surface area contributed by atoms with Gasteiger partial charge in [0.2, 0.25) is 5.88 Å². The van der Waals surface area contributed by atoms with Gasteiger partial charge >= 0.3 is 11.9 Å². The number of aromatic nitrogens is 2. The number of ether oxygens (including phenoxy) is 1. The minimum absolute atomic E-state index is 0.0370. The highest BCUT2D eigenvalue weighted by atomic mass is 19.3. The largest absolute Gasteiger partial charge is 0.480 e. The van der Waals surface area contributed by atoms with Crippen LogP contribution < -0.4 is 4.74 Å². The molecule has 0 unspecified atom stereocenters. The lowest BCUT2D eigenvalue weighted by Gasteiger charge is -2.09. The summed E-state index contributed by atoms with van der Waals surface area (Å²) in [7, 11) is 1.29. The molecule has 0 amide bonds. The molecular weight excluding hydrogens is 198 g/mol. The first kappa shape index (κ1) is 10.3. The molecule has 1 aromatic heterocycles. The first-order chi connectivity index (χ1) is 6.48. The zero-order valence-corrected chi connectivity index (χ0v) is 7.07. The maximum Gasteiger partial charge on any atom is 0.385 e. The van der Waals surface area contributed by atoms with Gasteiger partial charge in [-0.2, -0.15) is 8.78 Å². The van der Waals surface area contributed by atoms with Crippen LogP contribution in [0.4, 0.5) is 8.78 Å². The van der Waals surface area contributed by atoms with E-state index in [9.17, 15) is 13.6 Å². The van der Waals surface area contributed by atoms with Crippen molar-refractivity contribution in [3.05, 3.63) is 18.1 Å². The quantitative estimate of drug-likeness (QED) is 0.782. The fraction of sp³-hybridized carbons (Fsp3) is 0.286. The van der Waals surface area contributed by atoms with Gasteiger partial charge in [0.25, 0.3) is 0 Å². The number of carboxylic acids is 1. The molecule has 0 aliphatic rings. The molecular formula is C7H6F2N2O3. The van der Waals surface area contributed by atoms with Crippen LogP contribution in [0, 0.1) is 0 Å². The Kier molecular flexibility index (Phi) is 2.59. The maximum atomic E-state index is 12.8. The monoisotopic (exact) mass is 204 g/mol. The average Bonchev–Trinajstić information content (AvgIpc) is 2.17. The molecule has 1 heterocycles. The van der Waals surface area contributed by atoms with Crippen molar-refractivity contribution in [3.63, 3.8) is 0 Å². The minimum atomic E-state index is -4.03. The van der Waals surface area contributed by atoms with Gasteiger partial charge in [0.15, 0.2) is 0 Å². The van der Waals surface area contributed by atoms with E-state index < -0.39 is 17.6 Å². The number of carbonyl (C=O) groups is 1. The van der Waals surface area contributed by atoms with Crippen molar-refractivity contribution >= 4 is 5.97 Å². The summed E-state index contributed by atoms with van der Waals surface area (Å²) >= 11 is 0. The van der Waals surface area contributed by atoms with Crippen molar-refractivity contribution < 1.29 is 23.4 Å². The zero-order chi connectivity index (χ0) is 10.8. The number of halogens is 2. The summed E-state index contributed by atoms with van der Waals surface area (Å²) in [5.74, 6) is -6.26. The SMILES string of the molecule is COc1cnc(C(F)(F)C(=O)O)cn1. The predicted octanol–water partition coefficient (Wildman–Crippen LogP) is 0.662. The van der Waals surface area contributed by atoms with E-state index in [4.69, 9.17) is 5.11 Å². The molecule has 1 rings (SSSR count). The molecule has 0 atom stereocenters. The predicted molar refractivity (Wildman–Crippen MR) is 40.1 cm³/mol. The Morgan fingerprint density at radius 1 is 1.50 bits per heavy atom. The third kappa shape index (κ3) is 1.76. The van der Waals surface area contributed by atoms with Crippen LogP contribution in [-0.4, -0.2) is 28.2 Å². The van der Waals surface area contributed by atoms with Gasteiger partial charge in [-0.25, -0.2) is 14.8 Å². The normalized spacial score (nSPS) is 11.1. The Morgan fingerprint density at radius 3 is 2.50 bits per heavy atom. The third-order valence-corrected chi connectivity index (χ3v) is 1.43. The molecule has 5 nitrogen and oxygen atoms in total. The van der Waals surface area contributed by atoms with Crippen LogP contribution in [0.2, 0.25) is 0 Å². The van der Waals surface area contributed by atoms with E-state index in [1.807, 2.05) is 0 Å². The van der Waals surface area contributed by atoms with E-state index in [0.717, 1.165) is 6.20 Å². The molecule has 14 heavy (non-hydrogen) atoms. The Bertz CT molecular complexity index is 339. The second-order valence-electron chi connectivity index (χ2n) is 2.32. The van der Waals surface area contributed by atoms with Crippen LogP contribution in [0.3, 0.4) is 0 Å². The van der Waals surface area contributed by atoms with E-state index in [1.165, 1.54) is 7.11 Å². The molecule has 0 saturated heterocycles. The fourth-order valence-electron chi connectivity index (χ4n) is 0.693. The van der Waals surface area contributed by atoms with E-state index in [0.29, 0.717) is 6.20 Å². The highest BCUT2D eigenvalue weighted by Gasteiger charge is 2.43. The number of aliphatic carboxylic acids is 1. The van der Waals surface area contributed by atoms with Crippen molar-refractivity contribution in [2.75, 3.05) is 7.11 Å². The van der Waals surface area contributed by atoms with Crippen molar-refractivity contribution in [2.24, 2.45) is 0 Å². The van der Waals surface area contributed by atoms with Crippen LogP contribution >= 0.6 is 0 Å². The topological polar surface area (TPSA) is 72.3 Å². The van der Waals surface area contributed by atoms with Gasteiger partial charge in [-0.1, -0.05) is 0 Å². The highest BCUT2D eigenvalue weighted by Crippen LogP contribution is 2.26. The van der Waals surface area contributed by atoms with Gasteiger partial charge in [-0.15, -0.1) is 0 Å². The molecule has 0 bridgehead atoms. The molecule has 0 spiro atoms. The Labute approximate surface area is 77.4 Å². The van der Waals surface area contributed by atoms with Gasteiger partial charge in [0.1, 0.15) is 5.69 Å². The summed E-state index contributed by atoms with van der Waals surface area (Å²) in [4.78, 5) is 16.8. The lowest BCUT2D eigenvalue weighted by Crippen LogP contribution is -2.26. The van der Waals surface area contributed by atoms with Crippen LogP contribution in [0.15, 0.2) is 12.4 Å². The Hall–Kier alpha value is -1.79. The zero-order valence-electron chi connectivity index (χ0n) is 7.07. The molecule has 1 aromatic rings. The highest BCUT2D eigenvalue weighted by molar-refractivity contribution is 5.76. The number of hydrogen-bond donors (Lipinski definition) is 1. The molecule has 0 aliphatic heterocycles. The van der Waals surface area contributed by atoms with Crippen molar-refractivity contribution in [3.8, 4) is 5.88 Å². The lowest BCUT2D eigenvalue weighted by atomic mass is 10.2. The summed E-state index contributed by atoms with van der Waals surface area (Å²) in [5, 5.41) is 8.17. The average molecular weight is 204 g/mol. The second-order valence-corrected chi connectivity index (χ2v) is 2.32. The molecule has 0 aliphatic carbocycles. The van der Waals surface area contributed by atoms with Crippen molar-refractivity contribution in [1.82, 2.24) is 9.97 Å². The molecule has 0 fully saturated rings. The van der Waals surface area contributed by atoms with Gasteiger partial charge in [0.05, 0.1) is 19.5 Å². The standard InChI is InChI=1S/C7H6F2N2O3/c1-14-5-3-10-4(2-11-5)7(8,9)6(12)13/h2-3H,1H3,(H,12,13). The summed E-state index contributed by atoms with van der Waals surface area (Å²) < 4.78 is 30.1. The van der Waals surface area contributed by atoms with E-state index in [-0.39, 0.29) is 5.88 Å². The minimum Gasteiger partial charge on any atom is -0.480 e. The number of carboxylic acid groups (broad SMARTS) is 1. The van der Waals surface area contributed by atoms with Crippen molar-refractivity contribution in [1.29, 1.82) is 0 Å². The Morgan fingerprint density at radius 2 is 2.14 bits per heavy atom. The first-order valence-electron chi connectivity index (χ1n) is 3.46. The molecule has 76 valence electrons. The molecule has 0 saturated carbocycles. The maximum absolute atomic E-state index is 12.8.